The summed E-state index contributed by atoms with van der Waals surface area (Å²) in [6.07, 6.45) is 2.38. The second-order valence-corrected chi connectivity index (χ2v) is 3.34. The van der Waals surface area contributed by atoms with Gasteiger partial charge in [0, 0.05) is 13.5 Å². The molecule has 0 radical (unpaired) electrons. The number of carbonyl (C=O) groups is 1. The molecule has 0 aliphatic heterocycles. The molecule has 1 aromatic rings. The van der Waals surface area contributed by atoms with Crippen molar-refractivity contribution in [3.63, 3.8) is 0 Å². The van der Waals surface area contributed by atoms with Gasteiger partial charge in [0.15, 0.2) is 0 Å². The average molecular weight is 192 g/mol. The number of hydrogen-bond acceptors (Lipinski definition) is 2. The third-order valence-electron chi connectivity index (χ3n) is 2.39. The SMILES string of the molecule is COCc1cccc(CCC=O)c1C. The summed E-state index contributed by atoms with van der Waals surface area (Å²) in [5, 5.41) is 0. The zero-order chi connectivity index (χ0) is 10.4. The van der Waals surface area contributed by atoms with E-state index in [2.05, 4.69) is 19.1 Å². The Kier molecular flexibility index (Phi) is 4.33. The van der Waals surface area contributed by atoms with Crippen molar-refractivity contribution in [1.29, 1.82) is 0 Å². The fourth-order valence-electron chi connectivity index (χ4n) is 1.53. The van der Waals surface area contributed by atoms with Gasteiger partial charge in [0.1, 0.15) is 6.29 Å². The van der Waals surface area contributed by atoms with Crippen molar-refractivity contribution < 1.29 is 9.53 Å². The van der Waals surface area contributed by atoms with Gasteiger partial charge < -0.3 is 9.53 Å². The first-order valence-corrected chi connectivity index (χ1v) is 4.79. The van der Waals surface area contributed by atoms with Gasteiger partial charge in [-0.3, -0.25) is 0 Å². The van der Waals surface area contributed by atoms with E-state index in [1.807, 2.05) is 6.07 Å². The highest BCUT2D eigenvalue weighted by atomic mass is 16.5. The molecule has 0 saturated carbocycles. The molecule has 0 amide bonds. The first-order valence-electron chi connectivity index (χ1n) is 4.79. The Labute approximate surface area is 84.9 Å². The normalized spacial score (nSPS) is 10.1. The first-order chi connectivity index (χ1) is 6.79. The minimum atomic E-state index is 0.595. The maximum atomic E-state index is 10.3. The van der Waals surface area contributed by atoms with Gasteiger partial charge in [-0.1, -0.05) is 18.2 Å². The number of aldehydes is 1. The molecule has 14 heavy (non-hydrogen) atoms. The molecular formula is C12H16O2. The maximum Gasteiger partial charge on any atom is 0.120 e. The molecule has 0 atom stereocenters. The van der Waals surface area contributed by atoms with Crippen LogP contribution in [0.3, 0.4) is 0 Å². The van der Waals surface area contributed by atoms with Crippen LogP contribution in [0.25, 0.3) is 0 Å². The molecule has 0 bridgehead atoms. The lowest BCUT2D eigenvalue weighted by Gasteiger charge is -2.09. The van der Waals surface area contributed by atoms with Crippen LogP contribution in [0.4, 0.5) is 0 Å². The molecule has 0 spiro atoms. The van der Waals surface area contributed by atoms with E-state index in [1.165, 1.54) is 16.7 Å². The number of methoxy groups -OCH3 is 1. The van der Waals surface area contributed by atoms with Crippen molar-refractivity contribution in [1.82, 2.24) is 0 Å². The second-order valence-electron chi connectivity index (χ2n) is 3.34. The highest BCUT2D eigenvalue weighted by molar-refractivity contribution is 5.50. The van der Waals surface area contributed by atoms with E-state index >= 15 is 0 Å². The van der Waals surface area contributed by atoms with E-state index in [-0.39, 0.29) is 0 Å². The number of rotatable bonds is 5. The zero-order valence-electron chi connectivity index (χ0n) is 8.75. The molecule has 0 N–H and O–H groups in total. The molecule has 0 saturated heterocycles. The molecule has 0 heterocycles. The van der Waals surface area contributed by atoms with Gasteiger partial charge in [-0.25, -0.2) is 0 Å². The zero-order valence-corrected chi connectivity index (χ0v) is 8.75. The largest absolute Gasteiger partial charge is 0.380 e. The summed E-state index contributed by atoms with van der Waals surface area (Å²) < 4.78 is 5.10. The van der Waals surface area contributed by atoms with Crippen LogP contribution in [0.2, 0.25) is 0 Å². The van der Waals surface area contributed by atoms with E-state index in [0.29, 0.717) is 13.0 Å². The van der Waals surface area contributed by atoms with Crippen LogP contribution in [0, 0.1) is 6.92 Å². The van der Waals surface area contributed by atoms with E-state index in [0.717, 1.165) is 12.7 Å². The smallest absolute Gasteiger partial charge is 0.120 e. The van der Waals surface area contributed by atoms with Gasteiger partial charge in [0.2, 0.25) is 0 Å². The monoisotopic (exact) mass is 192 g/mol. The van der Waals surface area contributed by atoms with E-state index in [4.69, 9.17) is 4.74 Å². The van der Waals surface area contributed by atoms with Crippen LogP contribution < -0.4 is 0 Å². The Morgan fingerprint density at radius 1 is 1.36 bits per heavy atom. The van der Waals surface area contributed by atoms with Gasteiger partial charge in [-0.05, 0) is 30.0 Å². The Morgan fingerprint density at radius 2 is 2.07 bits per heavy atom. The number of carbonyl (C=O) groups excluding carboxylic acids is 1. The maximum absolute atomic E-state index is 10.3. The van der Waals surface area contributed by atoms with E-state index < -0.39 is 0 Å². The van der Waals surface area contributed by atoms with Crippen LogP contribution in [0.1, 0.15) is 23.1 Å². The van der Waals surface area contributed by atoms with Gasteiger partial charge in [0.05, 0.1) is 6.61 Å². The summed E-state index contributed by atoms with van der Waals surface area (Å²) in [6, 6.07) is 6.14. The summed E-state index contributed by atoms with van der Waals surface area (Å²) in [5.74, 6) is 0. The Morgan fingerprint density at radius 3 is 2.71 bits per heavy atom. The minimum absolute atomic E-state index is 0.595. The van der Waals surface area contributed by atoms with Gasteiger partial charge in [-0.15, -0.1) is 0 Å². The third kappa shape index (κ3) is 2.67. The molecular weight excluding hydrogens is 176 g/mol. The Bertz CT molecular complexity index is 305. The molecule has 0 aliphatic carbocycles. The van der Waals surface area contributed by atoms with Crippen molar-refractivity contribution in [3.05, 3.63) is 34.9 Å². The van der Waals surface area contributed by atoms with Crippen molar-refractivity contribution in [3.8, 4) is 0 Å². The van der Waals surface area contributed by atoms with Gasteiger partial charge in [-0.2, -0.15) is 0 Å². The van der Waals surface area contributed by atoms with Crippen LogP contribution >= 0.6 is 0 Å². The lowest BCUT2D eigenvalue weighted by Crippen LogP contribution is -1.97. The van der Waals surface area contributed by atoms with Crippen LogP contribution in [-0.4, -0.2) is 13.4 Å². The lowest BCUT2D eigenvalue weighted by atomic mass is 9.99. The quantitative estimate of drug-likeness (QED) is 0.669. The van der Waals surface area contributed by atoms with Gasteiger partial charge >= 0.3 is 0 Å². The molecule has 0 unspecified atom stereocenters. The molecule has 0 aliphatic rings. The second kappa shape index (κ2) is 5.55. The number of aryl methyl sites for hydroxylation is 1. The van der Waals surface area contributed by atoms with Crippen molar-refractivity contribution in [2.75, 3.05) is 7.11 Å². The van der Waals surface area contributed by atoms with Crippen molar-refractivity contribution in [2.45, 2.75) is 26.4 Å². The molecule has 1 aromatic carbocycles. The van der Waals surface area contributed by atoms with E-state index in [1.54, 1.807) is 7.11 Å². The summed E-state index contributed by atoms with van der Waals surface area (Å²) in [6.45, 7) is 2.72. The topological polar surface area (TPSA) is 26.3 Å². The average Bonchev–Trinajstić information content (AvgIpc) is 2.20. The van der Waals surface area contributed by atoms with E-state index in [9.17, 15) is 4.79 Å². The number of benzene rings is 1. The summed E-state index contributed by atoms with van der Waals surface area (Å²) in [7, 11) is 1.69. The molecule has 1 rings (SSSR count). The molecule has 2 heteroatoms. The van der Waals surface area contributed by atoms with Crippen LogP contribution in [0.5, 0.6) is 0 Å². The van der Waals surface area contributed by atoms with Crippen LogP contribution in [0.15, 0.2) is 18.2 Å². The standard InChI is InChI=1S/C12H16O2/c1-10-11(7-4-8-13)5-3-6-12(10)9-14-2/h3,5-6,8H,4,7,9H2,1-2H3. The minimum Gasteiger partial charge on any atom is -0.380 e. The first kappa shape index (κ1) is 10.9. The number of ether oxygens (including phenoxy) is 1. The third-order valence-corrected chi connectivity index (χ3v) is 2.39. The molecule has 2 nitrogen and oxygen atoms in total. The number of hydrogen-bond donors (Lipinski definition) is 0. The highest BCUT2D eigenvalue weighted by Gasteiger charge is 2.02. The predicted molar refractivity (Wildman–Crippen MR) is 56.3 cm³/mol. The molecule has 76 valence electrons. The highest BCUT2D eigenvalue weighted by Crippen LogP contribution is 2.15. The summed E-state index contributed by atoms with van der Waals surface area (Å²) in [4.78, 5) is 10.3. The Balaban J connectivity index is 2.83. The van der Waals surface area contributed by atoms with Crippen molar-refractivity contribution in [2.24, 2.45) is 0 Å². The lowest BCUT2D eigenvalue weighted by molar-refractivity contribution is -0.107. The summed E-state index contributed by atoms with van der Waals surface area (Å²) in [5.41, 5.74) is 3.69. The fourth-order valence-corrected chi connectivity index (χ4v) is 1.53. The molecule has 0 aromatic heterocycles. The Hall–Kier alpha value is -1.15. The van der Waals surface area contributed by atoms with Gasteiger partial charge in [0.25, 0.3) is 0 Å². The molecule has 0 fully saturated rings. The summed E-state index contributed by atoms with van der Waals surface area (Å²) >= 11 is 0. The fraction of sp³-hybridized carbons (Fsp3) is 0.417. The van der Waals surface area contributed by atoms with Crippen LogP contribution in [-0.2, 0) is 22.6 Å². The predicted octanol–water partition coefficient (Wildman–Crippen LogP) is 2.27. The van der Waals surface area contributed by atoms with Crippen molar-refractivity contribution >= 4 is 6.29 Å².